The van der Waals surface area contributed by atoms with E-state index < -0.39 is 23.3 Å². The summed E-state index contributed by atoms with van der Waals surface area (Å²) in [6.45, 7) is 2.30. The molecule has 0 heterocycles. The summed E-state index contributed by atoms with van der Waals surface area (Å²) in [6, 6.07) is 6.57. The number of benzene rings is 2. The van der Waals surface area contributed by atoms with Crippen LogP contribution in [0.5, 0.6) is 0 Å². The minimum atomic E-state index is -0.830. The first-order chi connectivity index (χ1) is 16.9. The number of hydrogen-bond acceptors (Lipinski definition) is 2. The first-order valence-electron chi connectivity index (χ1n) is 12.8. The van der Waals surface area contributed by atoms with E-state index in [0.717, 1.165) is 12.8 Å². The molecule has 2 aliphatic carbocycles. The molecule has 2 nitrogen and oxygen atoms in total. The van der Waals surface area contributed by atoms with Gasteiger partial charge >= 0.3 is 0 Å². The summed E-state index contributed by atoms with van der Waals surface area (Å²) in [7, 11) is 0. The molecule has 0 radical (unpaired) electrons. The summed E-state index contributed by atoms with van der Waals surface area (Å²) in [6.07, 6.45) is 8.73. The Morgan fingerprint density at radius 2 is 1.34 bits per heavy atom. The van der Waals surface area contributed by atoms with Crippen LogP contribution in [0.1, 0.15) is 92.4 Å². The number of halogens is 4. The van der Waals surface area contributed by atoms with E-state index in [1.807, 2.05) is 6.08 Å². The van der Waals surface area contributed by atoms with Crippen LogP contribution in [-0.2, 0) is 11.3 Å². The molecule has 4 rings (SSSR count). The Balaban J connectivity index is 1.37. The van der Waals surface area contributed by atoms with Crippen LogP contribution in [0, 0.1) is 29.2 Å². The molecule has 2 aromatic rings. The van der Waals surface area contributed by atoms with Gasteiger partial charge in [0.2, 0.25) is 0 Å². The van der Waals surface area contributed by atoms with E-state index in [2.05, 4.69) is 0 Å². The summed E-state index contributed by atoms with van der Waals surface area (Å²) in [5.41, 5.74) is 1.26. The molecule has 35 heavy (non-hydrogen) atoms. The van der Waals surface area contributed by atoms with E-state index in [4.69, 9.17) is 4.74 Å². The van der Waals surface area contributed by atoms with Gasteiger partial charge in [-0.25, -0.2) is 17.6 Å². The third-order valence-corrected chi connectivity index (χ3v) is 7.69. The van der Waals surface area contributed by atoms with Crippen molar-refractivity contribution in [3.05, 3.63) is 75.9 Å². The summed E-state index contributed by atoms with van der Waals surface area (Å²) in [5.74, 6) is -3.17. The quantitative estimate of drug-likeness (QED) is 0.402. The van der Waals surface area contributed by atoms with Gasteiger partial charge in [-0.3, -0.25) is 0 Å². The zero-order chi connectivity index (χ0) is 24.9. The molecular weight excluding hydrogens is 456 g/mol. The fourth-order valence-electron chi connectivity index (χ4n) is 5.52. The van der Waals surface area contributed by atoms with Gasteiger partial charge in [0.1, 0.15) is 0 Å². The molecule has 2 aromatic carbocycles. The van der Waals surface area contributed by atoms with Crippen molar-refractivity contribution in [2.75, 3.05) is 6.61 Å². The van der Waals surface area contributed by atoms with Gasteiger partial charge in [0.15, 0.2) is 23.3 Å². The fourth-order valence-corrected chi connectivity index (χ4v) is 5.52. The van der Waals surface area contributed by atoms with Crippen LogP contribution in [0.15, 0.2) is 30.3 Å². The molecule has 6 heteroatoms. The Kier molecular flexibility index (Phi) is 8.66. The molecule has 190 valence electrons. The Morgan fingerprint density at radius 3 is 1.97 bits per heavy atom. The molecule has 0 aliphatic heterocycles. The highest BCUT2D eigenvalue weighted by Crippen LogP contribution is 2.39. The molecular formula is C29H34F4O2. The molecule has 0 aromatic heterocycles. The second kappa shape index (κ2) is 11.7. The Morgan fingerprint density at radius 1 is 0.771 bits per heavy atom. The molecule has 1 N–H and O–H groups in total. The lowest BCUT2D eigenvalue weighted by Gasteiger charge is -2.28. The van der Waals surface area contributed by atoms with Gasteiger partial charge in [-0.2, -0.15) is 0 Å². The summed E-state index contributed by atoms with van der Waals surface area (Å²) >= 11 is 0. The molecule has 0 unspecified atom stereocenters. The summed E-state index contributed by atoms with van der Waals surface area (Å²) in [5, 5.41) is 9.66. The van der Waals surface area contributed by atoms with Crippen molar-refractivity contribution < 1.29 is 27.4 Å². The third-order valence-electron chi connectivity index (χ3n) is 7.69. The van der Waals surface area contributed by atoms with Crippen molar-refractivity contribution in [1.29, 1.82) is 0 Å². The largest absolute Gasteiger partial charge is 0.393 e. The first kappa shape index (κ1) is 25.9. The maximum absolute atomic E-state index is 14.8. The van der Waals surface area contributed by atoms with Crippen molar-refractivity contribution in [3.8, 4) is 0 Å². The van der Waals surface area contributed by atoms with Crippen LogP contribution >= 0.6 is 0 Å². The Labute approximate surface area is 205 Å². The highest BCUT2D eigenvalue weighted by Gasteiger charge is 2.27. The van der Waals surface area contributed by atoms with E-state index in [1.165, 1.54) is 0 Å². The second-order valence-electron chi connectivity index (χ2n) is 9.93. The van der Waals surface area contributed by atoms with Gasteiger partial charge in [-0.15, -0.1) is 0 Å². The molecule has 2 fully saturated rings. The summed E-state index contributed by atoms with van der Waals surface area (Å²) < 4.78 is 63.8. The van der Waals surface area contributed by atoms with Crippen molar-refractivity contribution in [3.63, 3.8) is 0 Å². The molecule has 2 saturated carbocycles. The van der Waals surface area contributed by atoms with Crippen molar-refractivity contribution in [2.45, 2.75) is 82.8 Å². The molecule has 2 aliphatic rings. The van der Waals surface area contributed by atoms with Gasteiger partial charge in [-0.05, 0) is 87.2 Å². The molecule has 0 saturated heterocycles. The van der Waals surface area contributed by atoms with E-state index in [-0.39, 0.29) is 41.6 Å². The second-order valence-corrected chi connectivity index (χ2v) is 9.93. The average molecular weight is 491 g/mol. The van der Waals surface area contributed by atoms with Crippen LogP contribution in [0.3, 0.4) is 0 Å². The normalized spacial score (nSPS) is 25.3. The molecule has 0 bridgehead atoms. The zero-order valence-electron chi connectivity index (χ0n) is 20.2. The summed E-state index contributed by atoms with van der Waals surface area (Å²) in [4.78, 5) is 0. The highest BCUT2D eigenvalue weighted by atomic mass is 19.2. The first-order valence-corrected chi connectivity index (χ1v) is 12.8. The Bertz CT molecular complexity index is 1040. The highest BCUT2D eigenvalue weighted by molar-refractivity contribution is 5.52. The number of hydrogen-bond donors (Lipinski definition) is 1. The maximum atomic E-state index is 14.8. The lowest BCUT2D eigenvalue weighted by atomic mass is 9.78. The zero-order valence-corrected chi connectivity index (χ0v) is 20.2. The van der Waals surface area contributed by atoms with Crippen LogP contribution in [0.25, 0.3) is 6.08 Å². The number of allylic oxidation sites excluding steroid dienone is 1. The smallest absolute Gasteiger partial charge is 0.166 e. The fraction of sp³-hybridized carbons (Fsp3) is 0.517. The Hall–Kier alpha value is -2.18. The number of aliphatic hydroxyl groups excluding tert-OH is 1. The standard InChI is InChI=1S/C29H34F4O2/c1-2-35-17-22-12-16-25(29(33)27(22)31)19-6-3-18(4-7-19)5-8-21-11-15-24(28(32)26(21)30)20-9-13-23(34)14-10-20/h5,8,11-12,15-16,18-20,23,34H,2-4,6-7,9-10,13-14,17H2,1H3/b8-5+. The predicted molar refractivity (Wildman–Crippen MR) is 129 cm³/mol. The van der Waals surface area contributed by atoms with Gasteiger partial charge in [-0.1, -0.05) is 36.4 Å². The van der Waals surface area contributed by atoms with Crippen LogP contribution in [0.2, 0.25) is 0 Å². The van der Waals surface area contributed by atoms with Gasteiger partial charge < -0.3 is 9.84 Å². The maximum Gasteiger partial charge on any atom is 0.166 e. The van der Waals surface area contributed by atoms with Crippen LogP contribution in [-0.4, -0.2) is 17.8 Å². The van der Waals surface area contributed by atoms with E-state index in [1.54, 1.807) is 37.3 Å². The van der Waals surface area contributed by atoms with Gasteiger partial charge in [0, 0.05) is 17.7 Å². The van der Waals surface area contributed by atoms with E-state index >= 15 is 0 Å². The van der Waals surface area contributed by atoms with Gasteiger partial charge in [0.25, 0.3) is 0 Å². The van der Waals surface area contributed by atoms with Gasteiger partial charge in [0.05, 0.1) is 12.7 Å². The minimum absolute atomic E-state index is 0.0545. The average Bonchev–Trinajstić information content (AvgIpc) is 2.87. The van der Waals surface area contributed by atoms with Crippen molar-refractivity contribution >= 4 is 6.08 Å². The van der Waals surface area contributed by atoms with Crippen molar-refractivity contribution in [1.82, 2.24) is 0 Å². The number of aliphatic hydroxyl groups is 1. The lowest BCUT2D eigenvalue weighted by molar-refractivity contribution is 0.122. The van der Waals surface area contributed by atoms with E-state index in [9.17, 15) is 22.7 Å². The van der Waals surface area contributed by atoms with Crippen molar-refractivity contribution in [2.24, 2.45) is 5.92 Å². The molecule has 0 spiro atoms. The van der Waals surface area contributed by atoms with E-state index in [0.29, 0.717) is 56.3 Å². The van der Waals surface area contributed by atoms with Crippen LogP contribution in [0.4, 0.5) is 17.6 Å². The minimum Gasteiger partial charge on any atom is -0.393 e. The topological polar surface area (TPSA) is 29.5 Å². The lowest BCUT2D eigenvalue weighted by Crippen LogP contribution is -2.18. The monoisotopic (exact) mass is 490 g/mol. The number of rotatable bonds is 7. The van der Waals surface area contributed by atoms with Crippen LogP contribution < -0.4 is 0 Å². The third kappa shape index (κ3) is 5.97. The molecule has 0 atom stereocenters. The molecule has 0 amide bonds. The number of ether oxygens (including phenoxy) is 1. The SMILES string of the molecule is CCOCc1ccc(C2CCC(/C=C/c3ccc(C4CCC(O)CC4)c(F)c3F)CC2)c(F)c1F. The predicted octanol–water partition coefficient (Wildman–Crippen LogP) is 7.79.